The lowest BCUT2D eigenvalue weighted by molar-refractivity contribution is 0.289. The van der Waals surface area contributed by atoms with Crippen LogP contribution in [0.15, 0.2) is 28.7 Å². The molecule has 0 fully saturated rings. The van der Waals surface area contributed by atoms with Crippen LogP contribution in [0.1, 0.15) is 6.42 Å². The standard InChI is InChI=1S/C10H13BrN2OS/c11-8-3-1-4-9(7-8)13-10(15)12-5-2-6-14/h1,3-4,7,14H,2,5-6H2,(H2,12,13,15). The van der Waals surface area contributed by atoms with Gasteiger partial charge in [0.25, 0.3) is 0 Å². The maximum absolute atomic E-state index is 8.60. The molecule has 0 saturated carbocycles. The Morgan fingerprint density at radius 2 is 2.27 bits per heavy atom. The van der Waals surface area contributed by atoms with Crippen LogP contribution in [0, 0.1) is 0 Å². The van der Waals surface area contributed by atoms with Crippen LogP contribution in [0.3, 0.4) is 0 Å². The summed E-state index contributed by atoms with van der Waals surface area (Å²) in [6.07, 6.45) is 0.695. The van der Waals surface area contributed by atoms with E-state index in [1.165, 1.54) is 0 Å². The highest BCUT2D eigenvalue weighted by Crippen LogP contribution is 2.15. The van der Waals surface area contributed by atoms with Gasteiger partial charge >= 0.3 is 0 Å². The maximum atomic E-state index is 8.60. The lowest BCUT2D eigenvalue weighted by Gasteiger charge is -2.09. The molecule has 0 amide bonds. The van der Waals surface area contributed by atoms with Crippen molar-refractivity contribution in [1.82, 2.24) is 5.32 Å². The lowest BCUT2D eigenvalue weighted by atomic mass is 10.3. The van der Waals surface area contributed by atoms with Crippen LogP contribution in [-0.2, 0) is 0 Å². The summed E-state index contributed by atoms with van der Waals surface area (Å²) in [6, 6.07) is 7.76. The molecule has 0 spiro atoms. The molecule has 3 nitrogen and oxygen atoms in total. The second-order valence-electron chi connectivity index (χ2n) is 2.97. The highest BCUT2D eigenvalue weighted by molar-refractivity contribution is 9.10. The van der Waals surface area contributed by atoms with Crippen molar-refractivity contribution in [3.05, 3.63) is 28.7 Å². The number of thiocarbonyl (C=S) groups is 1. The van der Waals surface area contributed by atoms with Crippen molar-refractivity contribution in [2.24, 2.45) is 0 Å². The predicted molar refractivity (Wildman–Crippen MR) is 70.1 cm³/mol. The molecule has 1 aromatic carbocycles. The fourth-order valence-corrected chi connectivity index (χ4v) is 1.64. The Morgan fingerprint density at radius 3 is 2.93 bits per heavy atom. The van der Waals surface area contributed by atoms with Gasteiger partial charge in [-0.25, -0.2) is 0 Å². The van der Waals surface area contributed by atoms with Gasteiger partial charge in [-0.3, -0.25) is 0 Å². The fourth-order valence-electron chi connectivity index (χ4n) is 1.02. The largest absolute Gasteiger partial charge is 0.396 e. The number of rotatable bonds is 4. The molecule has 1 aromatic rings. The minimum absolute atomic E-state index is 0.173. The van der Waals surface area contributed by atoms with E-state index in [9.17, 15) is 0 Å². The molecule has 0 heterocycles. The number of anilines is 1. The Kier molecular flexibility index (Phi) is 5.60. The molecule has 0 radical (unpaired) electrons. The van der Waals surface area contributed by atoms with E-state index in [4.69, 9.17) is 17.3 Å². The Balaban J connectivity index is 2.37. The van der Waals surface area contributed by atoms with E-state index in [0.717, 1.165) is 10.2 Å². The first-order chi connectivity index (χ1) is 7.22. The van der Waals surface area contributed by atoms with Gasteiger partial charge in [0.1, 0.15) is 0 Å². The third-order valence-corrected chi connectivity index (χ3v) is 2.44. The predicted octanol–water partition coefficient (Wildman–Crippen LogP) is 2.12. The van der Waals surface area contributed by atoms with Crippen LogP contribution >= 0.6 is 28.1 Å². The summed E-state index contributed by atoms with van der Waals surface area (Å²) < 4.78 is 1.01. The highest BCUT2D eigenvalue weighted by Gasteiger charge is 1.96. The molecular formula is C10H13BrN2OS. The molecule has 82 valence electrons. The van der Waals surface area contributed by atoms with E-state index in [1.807, 2.05) is 24.3 Å². The van der Waals surface area contributed by atoms with Crippen molar-refractivity contribution in [1.29, 1.82) is 0 Å². The molecule has 0 saturated heterocycles. The van der Waals surface area contributed by atoms with E-state index in [0.29, 0.717) is 18.1 Å². The SMILES string of the molecule is OCCCNC(=S)Nc1cccc(Br)c1. The zero-order valence-corrected chi connectivity index (χ0v) is 10.6. The van der Waals surface area contributed by atoms with E-state index < -0.39 is 0 Å². The van der Waals surface area contributed by atoms with E-state index in [-0.39, 0.29) is 6.61 Å². The first kappa shape index (κ1) is 12.4. The van der Waals surface area contributed by atoms with Crippen LogP contribution in [-0.4, -0.2) is 23.4 Å². The zero-order chi connectivity index (χ0) is 11.1. The summed E-state index contributed by atoms with van der Waals surface area (Å²) in [7, 11) is 0. The average Bonchev–Trinajstić information content (AvgIpc) is 2.18. The van der Waals surface area contributed by atoms with Crippen LogP contribution in [0.25, 0.3) is 0 Å². The monoisotopic (exact) mass is 288 g/mol. The third-order valence-electron chi connectivity index (χ3n) is 1.70. The highest BCUT2D eigenvalue weighted by atomic mass is 79.9. The molecule has 5 heteroatoms. The van der Waals surface area contributed by atoms with Crippen LogP contribution in [0.2, 0.25) is 0 Å². The van der Waals surface area contributed by atoms with Crippen molar-refractivity contribution in [2.45, 2.75) is 6.42 Å². The number of benzene rings is 1. The molecule has 0 aliphatic heterocycles. The molecule has 0 unspecified atom stereocenters. The third kappa shape index (κ3) is 5.11. The van der Waals surface area contributed by atoms with Gasteiger partial charge in [0, 0.05) is 23.3 Å². The number of halogens is 1. The molecule has 3 N–H and O–H groups in total. The van der Waals surface area contributed by atoms with Crippen molar-refractivity contribution in [3.63, 3.8) is 0 Å². The topological polar surface area (TPSA) is 44.3 Å². The summed E-state index contributed by atoms with van der Waals surface area (Å²) in [5.41, 5.74) is 0.936. The molecule has 0 aliphatic rings. The minimum Gasteiger partial charge on any atom is -0.396 e. The van der Waals surface area contributed by atoms with Gasteiger partial charge in [-0.15, -0.1) is 0 Å². The second-order valence-corrected chi connectivity index (χ2v) is 4.29. The number of hydrogen-bond donors (Lipinski definition) is 3. The van der Waals surface area contributed by atoms with E-state index in [2.05, 4.69) is 26.6 Å². The number of aliphatic hydroxyl groups excluding tert-OH is 1. The van der Waals surface area contributed by atoms with Gasteiger partial charge in [0.05, 0.1) is 0 Å². The molecule has 0 bridgehead atoms. The zero-order valence-electron chi connectivity index (χ0n) is 8.16. The Labute approximate surface area is 103 Å². The summed E-state index contributed by atoms with van der Waals surface area (Å²) in [5, 5.41) is 15.2. The lowest BCUT2D eigenvalue weighted by Crippen LogP contribution is -2.29. The smallest absolute Gasteiger partial charge is 0.170 e. The van der Waals surface area contributed by atoms with Crippen molar-refractivity contribution in [3.8, 4) is 0 Å². The van der Waals surface area contributed by atoms with Gasteiger partial charge in [0.2, 0.25) is 0 Å². The molecule has 0 aliphatic carbocycles. The first-order valence-corrected chi connectivity index (χ1v) is 5.84. The van der Waals surface area contributed by atoms with Crippen molar-refractivity contribution >= 4 is 38.9 Å². The van der Waals surface area contributed by atoms with Crippen LogP contribution < -0.4 is 10.6 Å². The van der Waals surface area contributed by atoms with Crippen LogP contribution in [0.4, 0.5) is 5.69 Å². The quantitative estimate of drug-likeness (QED) is 0.587. The number of aliphatic hydroxyl groups is 1. The van der Waals surface area contributed by atoms with Crippen molar-refractivity contribution < 1.29 is 5.11 Å². The number of nitrogens with one attached hydrogen (secondary N) is 2. The second kappa shape index (κ2) is 6.76. The van der Waals surface area contributed by atoms with Gasteiger partial charge < -0.3 is 15.7 Å². The Hall–Kier alpha value is -0.650. The van der Waals surface area contributed by atoms with Crippen molar-refractivity contribution in [2.75, 3.05) is 18.5 Å². The summed E-state index contributed by atoms with van der Waals surface area (Å²) in [4.78, 5) is 0. The Morgan fingerprint density at radius 1 is 1.47 bits per heavy atom. The fraction of sp³-hybridized carbons (Fsp3) is 0.300. The molecule has 1 rings (SSSR count). The summed E-state index contributed by atoms with van der Waals surface area (Å²) in [6.45, 7) is 0.850. The average molecular weight is 289 g/mol. The number of hydrogen-bond acceptors (Lipinski definition) is 2. The normalized spacial score (nSPS) is 9.73. The summed E-state index contributed by atoms with van der Waals surface area (Å²) >= 11 is 8.45. The van der Waals surface area contributed by atoms with E-state index in [1.54, 1.807) is 0 Å². The van der Waals surface area contributed by atoms with E-state index >= 15 is 0 Å². The Bertz CT molecular complexity index is 333. The molecular weight excluding hydrogens is 276 g/mol. The minimum atomic E-state index is 0.173. The maximum Gasteiger partial charge on any atom is 0.170 e. The van der Waals surface area contributed by atoms with Gasteiger partial charge in [-0.1, -0.05) is 22.0 Å². The van der Waals surface area contributed by atoms with Gasteiger partial charge in [-0.2, -0.15) is 0 Å². The van der Waals surface area contributed by atoms with Gasteiger partial charge in [-0.05, 0) is 36.8 Å². The molecule has 15 heavy (non-hydrogen) atoms. The van der Waals surface area contributed by atoms with Gasteiger partial charge in [0.15, 0.2) is 5.11 Å². The summed E-state index contributed by atoms with van der Waals surface area (Å²) in [5.74, 6) is 0. The molecule has 0 atom stereocenters. The van der Waals surface area contributed by atoms with Crippen LogP contribution in [0.5, 0.6) is 0 Å². The molecule has 0 aromatic heterocycles. The first-order valence-electron chi connectivity index (χ1n) is 4.63.